The van der Waals surface area contributed by atoms with Crippen molar-refractivity contribution in [3.63, 3.8) is 0 Å². The predicted octanol–water partition coefficient (Wildman–Crippen LogP) is 1.80. The molecule has 3 rings (SSSR count). The fourth-order valence-corrected chi connectivity index (χ4v) is 2.43. The number of carbonyl (C=O) groups excluding carboxylic acids is 1. The normalized spacial score (nSPS) is 14.3. The van der Waals surface area contributed by atoms with Gasteiger partial charge < -0.3 is 9.47 Å². The van der Waals surface area contributed by atoms with Gasteiger partial charge in [-0.2, -0.15) is 4.68 Å². The zero-order valence-corrected chi connectivity index (χ0v) is 14.0. The third kappa shape index (κ3) is 3.32. The van der Waals surface area contributed by atoms with E-state index in [4.69, 9.17) is 9.47 Å². The Morgan fingerprint density at radius 2 is 2.00 bits per heavy atom. The van der Waals surface area contributed by atoms with Crippen molar-refractivity contribution in [2.45, 2.75) is 39.5 Å². The summed E-state index contributed by atoms with van der Waals surface area (Å²) in [4.78, 5) is 24.3. The molecule has 0 fully saturated rings. The van der Waals surface area contributed by atoms with Crippen LogP contribution < -0.4 is 5.69 Å². The molecule has 0 bridgehead atoms. The lowest BCUT2D eigenvalue weighted by molar-refractivity contribution is 0.00641. The van der Waals surface area contributed by atoms with E-state index in [0.717, 1.165) is 10.7 Å². The minimum Gasteiger partial charge on any atom is -0.456 e. The number of carbonyl (C=O) groups is 1. The van der Waals surface area contributed by atoms with Gasteiger partial charge in [0.05, 0.1) is 18.7 Å². The number of hydrogen-bond acceptors (Lipinski definition) is 5. The van der Waals surface area contributed by atoms with Crippen molar-refractivity contribution in [2.24, 2.45) is 0 Å². The van der Waals surface area contributed by atoms with Crippen molar-refractivity contribution in [3.8, 4) is 5.69 Å². The SMILES string of the molecule is CC(C)(C)OC(=O)c1cc(F)c(-n2nc3n(c2=O)CCOC3)cc1F. The van der Waals surface area contributed by atoms with Crippen molar-refractivity contribution in [3.05, 3.63) is 45.6 Å². The highest BCUT2D eigenvalue weighted by Crippen LogP contribution is 2.21. The summed E-state index contributed by atoms with van der Waals surface area (Å²) in [6, 6.07) is 1.47. The first-order valence-electron chi connectivity index (χ1n) is 7.66. The highest BCUT2D eigenvalue weighted by Gasteiger charge is 2.25. The van der Waals surface area contributed by atoms with Crippen LogP contribution in [-0.4, -0.2) is 32.5 Å². The van der Waals surface area contributed by atoms with Crippen molar-refractivity contribution in [1.82, 2.24) is 14.3 Å². The summed E-state index contributed by atoms with van der Waals surface area (Å²) >= 11 is 0. The van der Waals surface area contributed by atoms with Gasteiger partial charge in [-0.25, -0.2) is 18.4 Å². The lowest BCUT2D eigenvalue weighted by atomic mass is 10.1. The molecule has 0 spiro atoms. The molecule has 2 aromatic rings. The Kier molecular flexibility index (Phi) is 4.19. The Morgan fingerprint density at radius 1 is 1.28 bits per heavy atom. The topological polar surface area (TPSA) is 75.4 Å². The van der Waals surface area contributed by atoms with Gasteiger partial charge in [0.1, 0.15) is 29.5 Å². The van der Waals surface area contributed by atoms with Crippen molar-refractivity contribution in [1.29, 1.82) is 0 Å². The second-order valence-electron chi connectivity index (χ2n) is 6.60. The second kappa shape index (κ2) is 6.07. The van der Waals surface area contributed by atoms with Gasteiger partial charge >= 0.3 is 11.7 Å². The van der Waals surface area contributed by atoms with Crippen LogP contribution >= 0.6 is 0 Å². The van der Waals surface area contributed by atoms with E-state index >= 15 is 0 Å². The third-order valence-corrected chi connectivity index (χ3v) is 3.51. The van der Waals surface area contributed by atoms with E-state index in [0.29, 0.717) is 18.5 Å². The van der Waals surface area contributed by atoms with Crippen LogP contribution in [0.5, 0.6) is 0 Å². The lowest BCUT2D eigenvalue weighted by Gasteiger charge is -2.19. The molecule has 0 radical (unpaired) electrons. The molecule has 25 heavy (non-hydrogen) atoms. The summed E-state index contributed by atoms with van der Waals surface area (Å²) < 4.78 is 41.1. The molecular weight excluding hydrogens is 336 g/mol. The maximum absolute atomic E-state index is 14.4. The van der Waals surface area contributed by atoms with E-state index in [-0.39, 0.29) is 18.8 Å². The smallest absolute Gasteiger partial charge is 0.350 e. The number of esters is 1. The van der Waals surface area contributed by atoms with Crippen molar-refractivity contribution in [2.75, 3.05) is 6.61 Å². The van der Waals surface area contributed by atoms with Crippen LogP contribution in [0.15, 0.2) is 16.9 Å². The van der Waals surface area contributed by atoms with Crippen LogP contribution in [0.3, 0.4) is 0 Å². The molecule has 2 heterocycles. The highest BCUT2D eigenvalue weighted by molar-refractivity contribution is 5.90. The minimum atomic E-state index is -1.00. The Labute approximate surface area is 141 Å². The summed E-state index contributed by atoms with van der Waals surface area (Å²) in [5.41, 5.74) is -2.37. The number of rotatable bonds is 2. The molecule has 0 atom stereocenters. The van der Waals surface area contributed by atoms with Gasteiger partial charge in [0, 0.05) is 6.07 Å². The van der Waals surface area contributed by atoms with E-state index < -0.39 is 34.5 Å². The van der Waals surface area contributed by atoms with Crippen LogP contribution in [0.1, 0.15) is 37.0 Å². The number of benzene rings is 1. The Hall–Kier alpha value is -2.55. The van der Waals surface area contributed by atoms with Gasteiger partial charge in [0.15, 0.2) is 5.82 Å². The van der Waals surface area contributed by atoms with Gasteiger partial charge in [-0.15, -0.1) is 5.10 Å². The number of aromatic nitrogens is 3. The van der Waals surface area contributed by atoms with Crippen LogP contribution in [0.2, 0.25) is 0 Å². The molecule has 1 aromatic heterocycles. The Bertz CT molecular complexity index is 896. The molecule has 0 saturated carbocycles. The van der Waals surface area contributed by atoms with Gasteiger partial charge in [0.25, 0.3) is 0 Å². The Balaban J connectivity index is 2.03. The van der Waals surface area contributed by atoms with Crippen molar-refractivity contribution >= 4 is 5.97 Å². The third-order valence-electron chi connectivity index (χ3n) is 3.51. The minimum absolute atomic E-state index is 0.113. The van der Waals surface area contributed by atoms with Crippen LogP contribution in [0.4, 0.5) is 8.78 Å². The fraction of sp³-hybridized carbons (Fsp3) is 0.438. The molecule has 0 unspecified atom stereocenters. The maximum Gasteiger partial charge on any atom is 0.350 e. The first-order chi connectivity index (χ1) is 11.7. The van der Waals surface area contributed by atoms with Crippen molar-refractivity contribution < 1.29 is 23.0 Å². The first-order valence-corrected chi connectivity index (χ1v) is 7.66. The van der Waals surface area contributed by atoms with Crippen LogP contribution in [-0.2, 0) is 22.6 Å². The molecule has 1 aromatic carbocycles. The predicted molar refractivity (Wildman–Crippen MR) is 82.6 cm³/mol. The summed E-state index contributed by atoms with van der Waals surface area (Å²) in [7, 11) is 0. The maximum atomic E-state index is 14.4. The molecule has 7 nitrogen and oxygen atoms in total. The number of halogens is 2. The number of nitrogens with zero attached hydrogens (tertiary/aromatic N) is 3. The first kappa shape index (κ1) is 17.3. The van der Waals surface area contributed by atoms with Gasteiger partial charge in [-0.3, -0.25) is 4.57 Å². The van der Waals surface area contributed by atoms with E-state index in [9.17, 15) is 18.4 Å². The number of ether oxygens (including phenoxy) is 2. The van der Waals surface area contributed by atoms with E-state index in [1.165, 1.54) is 4.57 Å². The van der Waals surface area contributed by atoms with Gasteiger partial charge in [-0.1, -0.05) is 0 Å². The zero-order chi connectivity index (χ0) is 18.4. The largest absolute Gasteiger partial charge is 0.456 e. The van der Waals surface area contributed by atoms with Crippen LogP contribution in [0, 0.1) is 11.6 Å². The molecule has 1 aliphatic heterocycles. The number of fused-ring (bicyclic) bond motifs is 1. The van der Waals surface area contributed by atoms with Gasteiger partial charge in [0.2, 0.25) is 0 Å². The molecule has 1 aliphatic rings. The Morgan fingerprint density at radius 3 is 2.64 bits per heavy atom. The summed E-state index contributed by atoms with van der Waals surface area (Å²) in [5.74, 6) is -2.62. The molecule has 0 N–H and O–H groups in total. The lowest BCUT2D eigenvalue weighted by Crippen LogP contribution is -2.29. The summed E-state index contributed by atoms with van der Waals surface area (Å²) in [6.07, 6.45) is 0. The molecule has 0 amide bonds. The summed E-state index contributed by atoms with van der Waals surface area (Å²) in [5, 5.41) is 3.98. The average molecular weight is 353 g/mol. The summed E-state index contributed by atoms with van der Waals surface area (Å²) in [6.45, 7) is 5.59. The monoisotopic (exact) mass is 353 g/mol. The molecule has 0 saturated heterocycles. The molecule has 134 valence electrons. The average Bonchev–Trinajstić information content (AvgIpc) is 2.85. The molecule has 9 heteroatoms. The zero-order valence-electron chi connectivity index (χ0n) is 14.0. The van der Waals surface area contributed by atoms with E-state index in [1.54, 1.807) is 20.8 Å². The van der Waals surface area contributed by atoms with E-state index in [1.807, 2.05) is 0 Å². The number of hydrogen-bond donors (Lipinski definition) is 0. The second-order valence-corrected chi connectivity index (χ2v) is 6.60. The standard InChI is InChI=1S/C16H17F2N3O4/c1-16(2,3)25-14(22)9-6-11(18)12(7-10(9)17)21-15(23)20-4-5-24-8-13(20)19-21/h6-7H,4-5,8H2,1-3H3. The molecule has 0 aliphatic carbocycles. The van der Waals surface area contributed by atoms with Crippen LogP contribution in [0.25, 0.3) is 5.69 Å². The quantitative estimate of drug-likeness (QED) is 0.770. The highest BCUT2D eigenvalue weighted by atomic mass is 19.1. The molecular formula is C16H17F2N3O4. The van der Waals surface area contributed by atoms with Gasteiger partial charge in [-0.05, 0) is 26.8 Å². The fourth-order valence-electron chi connectivity index (χ4n) is 2.43. The van der Waals surface area contributed by atoms with E-state index in [2.05, 4.69) is 5.10 Å².